The highest BCUT2D eigenvalue weighted by molar-refractivity contribution is 5.76. The Balaban J connectivity index is 1.97. The molecule has 2 amide bonds. The van der Waals surface area contributed by atoms with Crippen LogP contribution >= 0.6 is 0 Å². The van der Waals surface area contributed by atoms with Gasteiger partial charge >= 0.3 is 6.09 Å². The lowest BCUT2D eigenvalue weighted by Gasteiger charge is -2.46. The molecule has 0 aromatic carbocycles. The van der Waals surface area contributed by atoms with E-state index in [-0.39, 0.29) is 30.2 Å². The van der Waals surface area contributed by atoms with Crippen molar-refractivity contribution in [3.8, 4) is 0 Å². The molecular weight excluding hydrogens is 234 g/mol. The van der Waals surface area contributed by atoms with Crippen LogP contribution in [-0.4, -0.2) is 48.2 Å². The van der Waals surface area contributed by atoms with Gasteiger partial charge in [0, 0.05) is 13.0 Å². The number of rotatable bonds is 4. The van der Waals surface area contributed by atoms with Crippen molar-refractivity contribution in [3.05, 3.63) is 0 Å². The van der Waals surface area contributed by atoms with Crippen molar-refractivity contribution in [2.45, 2.75) is 44.9 Å². The molecule has 0 aromatic heterocycles. The molecule has 4 atom stereocenters. The van der Waals surface area contributed by atoms with Crippen LogP contribution in [0, 0.1) is 5.92 Å². The summed E-state index contributed by atoms with van der Waals surface area (Å²) in [5.41, 5.74) is 5.51. The van der Waals surface area contributed by atoms with Gasteiger partial charge in [-0.3, -0.25) is 9.69 Å². The van der Waals surface area contributed by atoms with E-state index in [1.165, 1.54) is 0 Å². The second-order valence-electron chi connectivity index (χ2n) is 5.12. The van der Waals surface area contributed by atoms with E-state index in [9.17, 15) is 9.59 Å². The van der Waals surface area contributed by atoms with E-state index < -0.39 is 0 Å². The third-order valence-electron chi connectivity index (χ3n) is 3.86. The van der Waals surface area contributed by atoms with Gasteiger partial charge in [0.15, 0.2) is 0 Å². The monoisotopic (exact) mass is 255 g/mol. The first-order chi connectivity index (χ1) is 8.56. The summed E-state index contributed by atoms with van der Waals surface area (Å²) in [6.45, 7) is 4.78. The zero-order valence-corrected chi connectivity index (χ0v) is 10.9. The van der Waals surface area contributed by atoms with Gasteiger partial charge in [-0.05, 0) is 12.3 Å². The predicted octanol–water partition coefficient (Wildman–Crippen LogP) is 0.0691. The molecule has 2 aliphatic rings. The van der Waals surface area contributed by atoms with Gasteiger partial charge in [-0.25, -0.2) is 4.79 Å². The first-order valence-corrected chi connectivity index (χ1v) is 6.53. The third kappa shape index (κ3) is 2.29. The predicted molar refractivity (Wildman–Crippen MR) is 65.8 cm³/mol. The lowest BCUT2D eigenvalue weighted by atomic mass is 9.75. The molecule has 18 heavy (non-hydrogen) atoms. The number of carbonyl (C=O) groups excluding carboxylic acids is 2. The smallest absolute Gasteiger partial charge is 0.410 e. The Morgan fingerprint density at radius 3 is 2.83 bits per heavy atom. The van der Waals surface area contributed by atoms with Gasteiger partial charge in [0.2, 0.25) is 5.91 Å². The number of ether oxygens (including phenoxy) is 1. The molecule has 102 valence electrons. The number of amides is 2. The molecule has 1 aliphatic heterocycles. The standard InChI is InChI=1S/C12H21N3O3/c1-3-10(16)14-11-7(2)4-9(11)15-6-8(5-13)18-12(15)17/h7-9,11H,3-6,13H2,1-2H3,(H,14,16)/t7?,8-,9+,11?/m0/s1. The quantitative estimate of drug-likeness (QED) is 0.744. The highest BCUT2D eigenvalue weighted by atomic mass is 16.6. The normalized spacial score (nSPS) is 35.1. The minimum Gasteiger partial charge on any atom is -0.443 e. The molecule has 0 aromatic rings. The van der Waals surface area contributed by atoms with Gasteiger partial charge in [-0.15, -0.1) is 0 Å². The molecule has 1 heterocycles. The molecule has 1 saturated heterocycles. The summed E-state index contributed by atoms with van der Waals surface area (Å²) in [6, 6.07) is 0.0982. The molecule has 1 saturated carbocycles. The summed E-state index contributed by atoms with van der Waals surface area (Å²) in [7, 11) is 0. The van der Waals surface area contributed by atoms with E-state index in [0.717, 1.165) is 6.42 Å². The van der Waals surface area contributed by atoms with E-state index in [1.807, 2.05) is 6.92 Å². The van der Waals surface area contributed by atoms with Crippen molar-refractivity contribution in [1.82, 2.24) is 10.2 Å². The Morgan fingerprint density at radius 1 is 1.61 bits per heavy atom. The van der Waals surface area contributed by atoms with Crippen molar-refractivity contribution in [3.63, 3.8) is 0 Å². The molecule has 0 spiro atoms. The Morgan fingerprint density at radius 2 is 2.33 bits per heavy atom. The Kier molecular flexibility index (Phi) is 3.75. The molecule has 2 fully saturated rings. The summed E-state index contributed by atoms with van der Waals surface area (Å²) in [4.78, 5) is 24.9. The van der Waals surface area contributed by atoms with Crippen LogP contribution in [0.25, 0.3) is 0 Å². The van der Waals surface area contributed by atoms with Crippen LogP contribution in [0.15, 0.2) is 0 Å². The maximum Gasteiger partial charge on any atom is 0.410 e. The number of carbonyl (C=O) groups is 2. The fourth-order valence-corrected chi connectivity index (χ4v) is 2.64. The maximum absolute atomic E-state index is 11.7. The molecular formula is C12H21N3O3. The first-order valence-electron chi connectivity index (χ1n) is 6.53. The van der Waals surface area contributed by atoms with Gasteiger partial charge in [-0.1, -0.05) is 13.8 Å². The van der Waals surface area contributed by atoms with Gasteiger partial charge in [0.25, 0.3) is 0 Å². The fraction of sp³-hybridized carbons (Fsp3) is 0.833. The Hall–Kier alpha value is -1.30. The van der Waals surface area contributed by atoms with Crippen molar-refractivity contribution in [1.29, 1.82) is 0 Å². The van der Waals surface area contributed by atoms with Crippen LogP contribution in [0.4, 0.5) is 4.79 Å². The van der Waals surface area contributed by atoms with Gasteiger partial charge in [-0.2, -0.15) is 0 Å². The Bertz CT molecular complexity index is 347. The van der Waals surface area contributed by atoms with E-state index >= 15 is 0 Å². The number of nitrogens with one attached hydrogen (secondary N) is 1. The molecule has 2 unspecified atom stereocenters. The van der Waals surface area contributed by atoms with Crippen LogP contribution < -0.4 is 11.1 Å². The lowest BCUT2D eigenvalue weighted by Crippen LogP contribution is -2.63. The summed E-state index contributed by atoms with van der Waals surface area (Å²) in [5.74, 6) is 0.426. The zero-order valence-electron chi connectivity index (χ0n) is 10.9. The highest BCUT2D eigenvalue weighted by Crippen LogP contribution is 2.34. The van der Waals surface area contributed by atoms with Crippen molar-refractivity contribution >= 4 is 12.0 Å². The van der Waals surface area contributed by atoms with Gasteiger partial charge in [0.1, 0.15) is 6.10 Å². The Labute approximate surface area is 107 Å². The number of hydrogen-bond donors (Lipinski definition) is 2. The van der Waals surface area contributed by atoms with Gasteiger partial charge < -0.3 is 15.8 Å². The molecule has 0 bridgehead atoms. The minimum absolute atomic E-state index is 0.0273. The number of cyclic esters (lactones) is 1. The van der Waals surface area contributed by atoms with Crippen LogP contribution in [0.2, 0.25) is 0 Å². The van der Waals surface area contributed by atoms with Crippen molar-refractivity contribution < 1.29 is 14.3 Å². The minimum atomic E-state index is -0.307. The average molecular weight is 255 g/mol. The van der Waals surface area contributed by atoms with Crippen molar-refractivity contribution in [2.75, 3.05) is 13.1 Å². The molecule has 6 nitrogen and oxygen atoms in total. The van der Waals surface area contributed by atoms with Crippen LogP contribution in [-0.2, 0) is 9.53 Å². The largest absolute Gasteiger partial charge is 0.443 e. The fourth-order valence-electron chi connectivity index (χ4n) is 2.64. The van der Waals surface area contributed by atoms with Crippen LogP contribution in [0.3, 0.4) is 0 Å². The summed E-state index contributed by atoms with van der Waals surface area (Å²) < 4.78 is 5.14. The lowest BCUT2D eigenvalue weighted by molar-refractivity contribution is -0.123. The van der Waals surface area contributed by atoms with E-state index in [1.54, 1.807) is 4.90 Å². The molecule has 0 radical (unpaired) electrons. The van der Waals surface area contributed by atoms with Crippen molar-refractivity contribution in [2.24, 2.45) is 11.7 Å². The second-order valence-corrected chi connectivity index (χ2v) is 5.12. The second kappa shape index (κ2) is 5.14. The summed E-state index contributed by atoms with van der Waals surface area (Å²) >= 11 is 0. The van der Waals surface area contributed by atoms with E-state index in [4.69, 9.17) is 10.5 Å². The summed E-state index contributed by atoms with van der Waals surface area (Å²) in [6.07, 6.45) is 0.849. The molecule has 2 rings (SSSR count). The average Bonchev–Trinajstić information content (AvgIpc) is 2.73. The maximum atomic E-state index is 11.7. The van der Waals surface area contributed by atoms with Crippen LogP contribution in [0.5, 0.6) is 0 Å². The third-order valence-corrected chi connectivity index (χ3v) is 3.86. The topological polar surface area (TPSA) is 84.7 Å². The van der Waals surface area contributed by atoms with Crippen LogP contribution in [0.1, 0.15) is 26.7 Å². The number of hydrogen-bond acceptors (Lipinski definition) is 4. The zero-order chi connectivity index (χ0) is 13.3. The molecule has 3 N–H and O–H groups in total. The van der Waals surface area contributed by atoms with E-state index in [0.29, 0.717) is 25.4 Å². The SMILES string of the molecule is CCC(=O)NC1C(C)C[C@H]1N1C[C@H](CN)OC1=O. The number of nitrogens with two attached hydrogens (primary N) is 1. The summed E-state index contributed by atoms with van der Waals surface area (Å²) in [5, 5.41) is 2.98. The molecule has 1 aliphatic carbocycles. The number of nitrogens with zero attached hydrogens (tertiary/aromatic N) is 1. The first kappa shape index (κ1) is 13.1. The molecule has 6 heteroatoms. The van der Waals surface area contributed by atoms with E-state index in [2.05, 4.69) is 12.2 Å². The van der Waals surface area contributed by atoms with Gasteiger partial charge in [0.05, 0.1) is 18.6 Å². The highest BCUT2D eigenvalue weighted by Gasteiger charge is 2.47.